The van der Waals surface area contributed by atoms with Crippen molar-refractivity contribution in [1.82, 2.24) is 0 Å². The molecule has 2 unspecified atom stereocenters. The van der Waals surface area contributed by atoms with Crippen LogP contribution >= 0.6 is 0 Å². The smallest absolute Gasteiger partial charge is 0.0287 e. The van der Waals surface area contributed by atoms with E-state index < -0.39 is 8.41 Å². The lowest BCUT2D eigenvalue weighted by molar-refractivity contribution is 0.954. The molecular formula is C27H24Si. The molecule has 2 atom stereocenters. The molecule has 0 fully saturated rings. The number of hydrogen-bond acceptors (Lipinski definition) is 0. The second kappa shape index (κ2) is 6.99. The minimum Gasteiger partial charge on any atom is -0.0749 e. The van der Waals surface area contributed by atoms with Gasteiger partial charge in [0.1, 0.15) is 0 Å². The minimum atomic E-state index is -0.481. The highest BCUT2D eigenvalue weighted by atomic mass is 28.2. The van der Waals surface area contributed by atoms with Gasteiger partial charge in [-0.05, 0) is 38.9 Å². The Hall–Kier alpha value is -2.77. The molecule has 5 rings (SSSR count). The van der Waals surface area contributed by atoms with Crippen molar-refractivity contribution in [2.24, 2.45) is 0 Å². The summed E-state index contributed by atoms with van der Waals surface area (Å²) < 4.78 is 0. The Kier molecular flexibility index (Phi) is 4.33. The van der Waals surface area contributed by atoms with Gasteiger partial charge < -0.3 is 0 Å². The molecule has 0 aliphatic heterocycles. The molecule has 1 heteroatoms. The van der Waals surface area contributed by atoms with E-state index >= 15 is 0 Å². The fourth-order valence-corrected chi connectivity index (χ4v) is 5.56. The molecule has 0 saturated carbocycles. The largest absolute Gasteiger partial charge is 0.0749 e. The Labute approximate surface area is 169 Å². The van der Waals surface area contributed by atoms with Crippen molar-refractivity contribution in [2.45, 2.75) is 24.9 Å². The van der Waals surface area contributed by atoms with Crippen LogP contribution < -0.4 is 0 Å². The predicted octanol–water partition coefficient (Wildman–Crippen LogP) is 6.49. The average molecular weight is 377 g/mol. The zero-order chi connectivity index (χ0) is 19.1. The van der Waals surface area contributed by atoms with Crippen LogP contribution in [-0.2, 0) is 0 Å². The summed E-state index contributed by atoms with van der Waals surface area (Å²) in [5.74, 6) is 0.672. The maximum absolute atomic E-state index is 2.52. The van der Waals surface area contributed by atoms with E-state index in [4.69, 9.17) is 0 Å². The predicted molar refractivity (Wildman–Crippen MR) is 124 cm³/mol. The van der Waals surface area contributed by atoms with Gasteiger partial charge in [0.15, 0.2) is 0 Å². The first kappa shape index (κ1) is 17.3. The fourth-order valence-electron chi connectivity index (χ4n) is 4.69. The van der Waals surface area contributed by atoms with Gasteiger partial charge in [0.05, 0.1) is 0 Å². The van der Waals surface area contributed by atoms with Crippen LogP contribution in [0.1, 0.15) is 50.8 Å². The van der Waals surface area contributed by atoms with Crippen molar-refractivity contribution in [2.75, 3.05) is 0 Å². The third kappa shape index (κ3) is 2.87. The van der Waals surface area contributed by atoms with Crippen LogP contribution in [0, 0.1) is 0 Å². The Bertz CT molecular complexity index is 1140. The van der Waals surface area contributed by atoms with Crippen LogP contribution in [-0.4, -0.2) is 14.1 Å². The normalized spacial score (nSPS) is 18.8. The van der Waals surface area contributed by atoms with Crippen molar-refractivity contribution in [3.05, 3.63) is 118 Å². The molecule has 0 heterocycles. The zero-order valence-corrected chi connectivity index (χ0v) is 17.4. The first-order valence-corrected chi connectivity index (χ1v) is 12.6. The highest BCUT2D eigenvalue weighted by Gasteiger charge is 2.28. The van der Waals surface area contributed by atoms with Crippen LogP contribution in [0.25, 0.3) is 12.2 Å². The number of benzene rings is 3. The van der Waals surface area contributed by atoms with Gasteiger partial charge >= 0.3 is 0 Å². The maximum atomic E-state index is 2.52. The van der Waals surface area contributed by atoms with Gasteiger partial charge in [0.25, 0.3) is 0 Å². The molecule has 0 amide bonds. The Morgan fingerprint density at radius 3 is 1.89 bits per heavy atom. The third-order valence-corrected chi connectivity index (χ3v) is 6.75. The van der Waals surface area contributed by atoms with Gasteiger partial charge in [-0.15, -0.1) is 0 Å². The summed E-state index contributed by atoms with van der Waals surface area (Å²) in [6.45, 7) is 4.73. The standard InChI is InChI=1S/C27H24Si/c1-28(2)18-21-10-7-13-25(24-16-14-19-8-3-5-11-22(19)24)27(21)26-17-15-20-9-4-6-12-23(20)26/h3-18,24,26H,1-2H3. The molecule has 0 aromatic heterocycles. The first-order chi connectivity index (χ1) is 13.7. The van der Waals surface area contributed by atoms with Crippen molar-refractivity contribution >= 4 is 26.2 Å². The molecule has 0 saturated heterocycles. The van der Waals surface area contributed by atoms with Gasteiger partial charge in [-0.2, -0.15) is 0 Å². The van der Waals surface area contributed by atoms with Gasteiger partial charge in [-0.1, -0.05) is 110 Å². The van der Waals surface area contributed by atoms with Gasteiger partial charge in [0, 0.05) is 20.2 Å². The summed E-state index contributed by atoms with van der Waals surface area (Å²) in [6, 6.07) is 24.6. The summed E-state index contributed by atoms with van der Waals surface area (Å²) in [6.07, 6.45) is 9.35. The number of allylic oxidation sites excluding steroid dienone is 2. The summed E-state index contributed by atoms with van der Waals surface area (Å²) in [5.41, 5.74) is 12.4. The lowest BCUT2D eigenvalue weighted by atomic mass is 9.81. The number of hydrogen-bond donors (Lipinski definition) is 0. The van der Waals surface area contributed by atoms with Gasteiger partial charge in [-0.25, -0.2) is 0 Å². The van der Waals surface area contributed by atoms with Crippen LogP contribution in [0.5, 0.6) is 0 Å². The van der Waals surface area contributed by atoms with Crippen molar-refractivity contribution in [3.8, 4) is 0 Å². The number of fused-ring (bicyclic) bond motifs is 2. The Morgan fingerprint density at radius 1 is 0.643 bits per heavy atom. The SMILES string of the molecule is C[Si](C)=Cc1cccc(C2C=Cc3ccccc32)c1C1C=Cc2ccccc21. The maximum Gasteiger partial charge on any atom is 0.0287 e. The molecular weight excluding hydrogens is 352 g/mol. The van der Waals surface area contributed by atoms with Crippen LogP contribution in [0.4, 0.5) is 0 Å². The van der Waals surface area contributed by atoms with Gasteiger partial charge in [0.2, 0.25) is 0 Å². The summed E-state index contributed by atoms with van der Waals surface area (Å²) in [4.78, 5) is 0. The van der Waals surface area contributed by atoms with Gasteiger partial charge in [-0.3, -0.25) is 0 Å². The third-order valence-electron chi connectivity index (χ3n) is 5.86. The Balaban J connectivity index is 1.73. The lowest BCUT2D eigenvalue weighted by Gasteiger charge is -2.23. The number of rotatable bonds is 3. The van der Waals surface area contributed by atoms with Crippen molar-refractivity contribution < 1.29 is 0 Å². The molecule has 136 valence electrons. The van der Waals surface area contributed by atoms with Crippen molar-refractivity contribution in [3.63, 3.8) is 0 Å². The summed E-state index contributed by atoms with van der Waals surface area (Å²) >= 11 is 0. The minimum absolute atomic E-state index is 0.334. The monoisotopic (exact) mass is 376 g/mol. The van der Waals surface area contributed by atoms with E-state index in [1.807, 2.05) is 0 Å². The molecule has 3 aromatic rings. The van der Waals surface area contributed by atoms with E-state index in [2.05, 4.69) is 110 Å². The molecule has 28 heavy (non-hydrogen) atoms. The average Bonchev–Trinajstić information content (AvgIpc) is 3.32. The van der Waals surface area contributed by atoms with E-state index in [0.29, 0.717) is 11.8 Å². The molecule has 2 aliphatic rings. The first-order valence-electron chi connectivity index (χ1n) is 10.0. The molecule has 0 bridgehead atoms. The van der Waals surface area contributed by atoms with Crippen LogP contribution in [0.3, 0.4) is 0 Å². The molecule has 2 aliphatic carbocycles. The highest BCUT2D eigenvalue weighted by Crippen LogP contribution is 2.44. The Morgan fingerprint density at radius 2 is 1.21 bits per heavy atom. The van der Waals surface area contributed by atoms with E-state index in [-0.39, 0.29) is 0 Å². The van der Waals surface area contributed by atoms with Crippen LogP contribution in [0.15, 0.2) is 78.9 Å². The molecule has 0 nitrogen and oxygen atoms in total. The highest BCUT2D eigenvalue weighted by molar-refractivity contribution is 6.65. The van der Waals surface area contributed by atoms with E-state index in [0.717, 1.165) is 0 Å². The molecule has 3 aromatic carbocycles. The van der Waals surface area contributed by atoms with E-state index in [9.17, 15) is 0 Å². The molecule has 0 spiro atoms. The zero-order valence-electron chi connectivity index (χ0n) is 16.4. The molecule has 0 N–H and O–H groups in total. The van der Waals surface area contributed by atoms with E-state index in [1.54, 1.807) is 0 Å². The topological polar surface area (TPSA) is 0 Å². The summed E-state index contributed by atoms with van der Waals surface area (Å²) in [5, 5.41) is 0. The quantitative estimate of drug-likeness (QED) is 0.458. The van der Waals surface area contributed by atoms with Crippen LogP contribution in [0.2, 0.25) is 13.1 Å². The molecule has 0 radical (unpaired) electrons. The fraction of sp³-hybridized carbons (Fsp3) is 0.148. The second-order valence-corrected chi connectivity index (χ2v) is 10.4. The van der Waals surface area contributed by atoms with E-state index in [1.165, 1.54) is 38.9 Å². The lowest BCUT2D eigenvalue weighted by Crippen LogP contribution is -2.10. The summed E-state index contributed by atoms with van der Waals surface area (Å²) in [7, 11) is -0.481. The second-order valence-electron chi connectivity index (χ2n) is 8.00. The van der Waals surface area contributed by atoms with Crippen molar-refractivity contribution in [1.29, 1.82) is 0 Å².